The van der Waals surface area contributed by atoms with Gasteiger partial charge in [-0.2, -0.15) is 0 Å². The van der Waals surface area contributed by atoms with Crippen LogP contribution in [0, 0.1) is 0 Å². The summed E-state index contributed by atoms with van der Waals surface area (Å²) < 4.78 is 17.9. The fraction of sp³-hybridized carbons (Fsp3) is 0.286. The van der Waals surface area contributed by atoms with E-state index >= 15 is 0 Å². The van der Waals surface area contributed by atoms with Gasteiger partial charge in [0.25, 0.3) is 0 Å². The summed E-state index contributed by atoms with van der Waals surface area (Å²) in [4.78, 5) is 17.0. The molecule has 188 valence electrons. The van der Waals surface area contributed by atoms with Gasteiger partial charge in [0.15, 0.2) is 23.1 Å². The molecule has 0 aliphatic carbocycles. The maximum Gasteiger partial charge on any atom is 0.159 e. The Morgan fingerprint density at radius 2 is 1.08 bits per heavy atom. The number of epoxide rings is 2. The number of ether oxygens (including phenoxy) is 3. The van der Waals surface area contributed by atoms with Crippen LogP contribution in [0.1, 0.15) is 25.0 Å². The van der Waals surface area contributed by atoms with Gasteiger partial charge < -0.3 is 24.4 Å². The average molecular weight is 499 g/mol. The Labute approximate surface area is 213 Å². The lowest BCUT2D eigenvalue weighted by molar-refractivity contribution is 0.317. The highest BCUT2D eigenvalue weighted by Gasteiger charge is 2.41. The Morgan fingerprint density at radius 1 is 0.703 bits per heavy atom. The fourth-order valence-electron chi connectivity index (χ4n) is 4.23. The molecule has 0 radical (unpaired) electrons. The highest BCUT2D eigenvalue weighted by atomic mass is 16.6. The molecule has 37 heavy (non-hydrogen) atoms. The Kier molecular flexibility index (Phi) is 5.54. The lowest BCUT2D eigenvalue weighted by Gasteiger charge is -2.18. The van der Waals surface area contributed by atoms with Gasteiger partial charge in [0.1, 0.15) is 11.5 Å². The molecule has 2 aromatic carbocycles. The third-order valence-corrected chi connectivity index (χ3v) is 6.54. The molecule has 6 rings (SSSR count). The summed E-state index contributed by atoms with van der Waals surface area (Å²) in [6.07, 6.45) is 6.86. The van der Waals surface area contributed by atoms with E-state index in [2.05, 4.69) is 33.8 Å². The van der Waals surface area contributed by atoms with Crippen molar-refractivity contribution < 1.29 is 24.4 Å². The van der Waals surface area contributed by atoms with Crippen LogP contribution in [0.15, 0.2) is 61.2 Å². The van der Waals surface area contributed by atoms with E-state index in [0.717, 1.165) is 33.8 Å². The normalized spacial score (nSPS) is 22.0. The highest BCUT2D eigenvalue weighted by Crippen LogP contribution is 2.40. The standard InChI is InChI=1S/C28H26N4O5/c1-27(15-35-27)9-19-7-17(25-29-11-21(33)12-30-25)3-5-23(19)37-24-6-4-18(26-31-13-22(34)14-32-26)8-20(24)10-28(2)16-36-28/h3-8,11-14,33-34H,9-10,15-16H2,1-2H3/t27-,28-/m0/s1. The van der Waals surface area contributed by atoms with E-state index < -0.39 is 0 Å². The number of hydrogen-bond acceptors (Lipinski definition) is 9. The van der Waals surface area contributed by atoms with Crippen LogP contribution in [0.25, 0.3) is 22.8 Å². The second-order valence-corrected chi connectivity index (χ2v) is 10.1. The predicted octanol–water partition coefficient (Wildman–Crippen LogP) is 4.47. The van der Waals surface area contributed by atoms with Crippen molar-refractivity contribution in [3.63, 3.8) is 0 Å². The van der Waals surface area contributed by atoms with Gasteiger partial charge in [-0.3, -0.25) is 0 Å². The van der Waals surface area contributed by atoms with Crippen molar-refractivity contribution in [2.45, 2.75) is 37.9 Å². The van der Waals surface area contributed by atoms with Crippen LogP contribution in [0.4, 0.5) is 0 Å². The Balaban J connectivity index is 1.36. The van der Waals surface area contributed by atoms with Crippen LogP contribution in [0.3, 0.4) is 0 Å². The van der Waals surface area contributed by atoms with Crippen LogP contribution in [0.2, 0.25) is 0 Å². The molecule has 0 spiro atoms. The average Bonchev–Trinajstić information content (AvgIpc) is 3.81. The number of hydrogen-bond donors (Lipinski definition) is 2. The lowest BCUT2D eigenvalue weighted by atomic mass is 9.97. The van der Waals surface area contributed by atoms with E-state index in [9.17, 15) is 10.2 Å². The molecule has 0 bridgehead atoms. The van der Waals surface area contributed by atoms with E-state index in [0.29, 0.717) is 37.7 Å². The molecule has 4 heterocycles. The second-order valence-electron chi connectivity index (χ2n) is 10.1. The number of rotatable bonds is 8. The van der Waals surface area contributed by atoms with Gasteiger partial charge >= 0.3 is 0 Å². The van der Waals surface area contributed by atoms with Gasteiger partial charge in [-0.1, -0.05) is 0 Å². The van der Waals surface area contributed by atoms with Crippen LogP contribution < -0.4 is 4.74 Å². The molecule has 2 aliphatic rings. The first kappa shape index (κ1) is 23.3. The zero-order valence-electron chi connectivity index (χ0n) is 20.5. The molecule has 0 unspecified atom stereocenters. The fourth-order valence-corrected chi connectivity index (χ4v) is 4.23. The summed E-state index contributed by atoms with van der Waals surface area (Å²) in [5.41, 5.74) is 3.13. The predicted molar refractivity (Wildman–Crippen MR) is 134 cm³/mol. The van der Waals surface area contributed by atoms with Crippen LogP contribution >= 0.6 is 0 Å². The minimum absolute atomic E-state index is 0.0184. The minimum Gasteiger partial charge on any atom is -0.505 e. The summed E-state index contributed by atoms with van der Waals surface area (Å²) in [7, 11) is 0. The number of benzene rings is 2. The molecule has 4 aromatic rings. The number of aromatic hydroxyl groups is 2. The minimum atomic E-state index is -0.231. The maximum atomic E-state index is 9.55. The molecule has 2 fully saturated rings. The summed E-state index contributed by atoms with van der Waals surface area (Å²) in [5.74, 6) is 2.51. The Hall–Kier alpha value is -4.08. The lowest BCUT2D eigenvalue weighted by Crippen LogP contribution is -2.11. The molecular weight excluding hydrogens is 472 g/mol. The highest BCUT2D eigenvalue weighted by molar-refractivity contribution is 5.62. The van der Waals surface area contributed by atoms with E-state index in [-0.39, 0.29) is 22.7 Å². The van der Waals surface area contributed by atoms with E-state index in [4.69, 9.17) is 14.2 Å². The Bertz CT molecular complexity index is 1340. The van der Waals surface area contributed by atoms with Crippen LogP contribution in [0.5, 0.6) is 23.0 Å². The monoisotopic (exact) mass is 498 g/mol. The van der Waals surface area contributed by atoms with Crippen molar-refractivity contribution in [2.75, 3.05) is 13.2 Å². The van der Waals surface area contributed by atoms with Crippen LogP contribution in [-0.2, 0) is 22.3 Å². The van der Waals surface area contributed by atoms with Gasteiger partial charge in [-0.05, 0) is 61.4 Å². The molecule has 2 N–H and O–H groups in total. The van der Waals surface area contributed by atoms with Crippen molar-refractivity contribution in [1.82, 2.24) is 19.9 Å². The van der Waals surface area contributed by atoms with E-state index in [1.807, 2.05) is 36.4 Å². The Morgan fingerprint density at radius 3 is 1.43 bits per heavy atom. The molecule has 2 saturated heterocycles. The molecule has 2 aliphatic heterocycles. The zero-order valence-corrected chi connectivity index (χ0v) is 20.5. The van der Waals surface area contributed by atoms with Crippen molar-refractivity contribution in [3.8, 4) is 45.8 Å². The zero-order chi connectivity index (χ0) is 25.6. The number of nitrogens with zero attached hydrogens (tertiary/aromatic N) is 4. The largest absolute Gasteiger partial charge is 0.505 e. The number of aromatic nitrogens is 4. The molecular formula is C28H26N4O5. The molecule has 0 amide bonds. The first-order valence-corrected chi connectivity index (χ1v) is 12.0. The van der Waals surface area contributed by atoms with Crippen molar-refractivity contribution in [2.24, 2.45) is 0 Å². The molecule has 9 heteroatoms. The van der Waals surface area contributed by atoms with Crippen LogP contribution in [-0.4, -0.2) is 54.6 Å². The first-order valence-electron chi connectivity index (χ1n) is 12.0. The van der Waals surface area contributed by atoms with Gasteiger partial charge in [-0.25, -0.2) is 19.9 Å². The topological polar surface area (TPSA) is 126 Å². The molecule has 2 atom stereocenters. The first-order chi connectivity index (χ1) is 17.8. The third kappa shape index (κ3) is 5.23. The van der Waals surface area contributed by atoms with Crippen molar-refractivity contribution >= 4 is 0 Å². The van der Waals surface area contributed by atoms with Crippen molar-refractivity contribution in [1.29, 1.82) is 0 Å². The van der Waals surface area contributed by atoms with Gasteiger partial charge in [0, 0.05) is 24.0 Å². The van der Waals surface area contributed by atoms with Gasteiger partial charge in [0.05, 0.1) is 49.2 Å². The summed E-state index contributed by atoms with van der Waals surface area (Å²) in [6, 6.07) is 11.7. The maximum absolute atomic E-state index is 9.55. The quantitative estimate of drug-likeness (QED) is 0.338. The van der Waals surface area contributed by atoms with Gasteiger partial charge in [0.2, 0.25) is 0 Å². The van der Waals surface area contributed by atoms with E-state index in [1.165, 1.54) is 24.8 Å². The molecule has 0 saturated carbocycles. The summed E-state index contributed by atoms with van der Waals surface area (Å²) >= 11 is 0. The van der Waals surface area contributed by atoms with Gasteiger partial charge in [-0.15, -0.1) is 0 Å². The molecule has 9 nitrogen and oxygen atoms in total. The summed E-state index contributed by atoms with van der Waals surface area (Å²) in [6.45, 7) is 5.52. The summed E-state index contributed by atoms with van der Waals surface area (Å²) in [5, 5.41) is 19.1. The second kappa shape index (κ2) is 8.79. The SMILES string of the molecule is C[C@]1(Cc2cc(-c3ncc(O)cn3)ccc2Oc2ccc(-c3ncc(O)cn3)cc2C[C@@]2(C)CO2)CO1. The smallest absolute Gasteiger partial charge is 0.159 e. The van der Waals surface area contributed by atoms with E-state index in [1.54, 1.807) is 0 Å². The third-order valence-electron chi connectivity index (χ3n) is 6.54. The van der Waals surface area contributed by atoms with Crippen molar-refractivity contribution in [3.05, 3.63) is 72.3 Å². The molecule has 2 aromatic heterocycles.